The first-order chi connectivity index (χ1) is 14.8. The lowest BCUT2D eigenvalue weighted by Crippen LogP contribution is -2.29. The van der Waals surface area contributed by atoms with Crippen LogP contribution in [0.3, 0.4) is 0 Å². The molecule has 0 atom stereocenters. The van der Waals surface area contributed by atoms with Gasteiger partial charge in [-0.25, -0.2) is 18.2 Å². The molecule has 0 saturated carbocycles. The summed E-state index contributed by atoms with van der Waals surface area (Å²) in [6.07, 6.45) is 2.24. The minimum atomic E-state index is -3.54. The number of rotatable bonds is 7. The van der Waals surface area contributed by atoms with Gasteiger partial charge in [0.25, 0.3) is 5.91 Å². The van der Waals surface area contributed by atoms with Gasteiger partial charge in [-0.2, -0.15) is 5.10 Å². The first-order valence-electron chi connectivity index (χ1n) is 9.15. The number of hydrogen-bond acceptors (Lipinski definition) is 4. The maximum Gasteiger partial charge on any atom is 0.271 e. The van der Waals surface area contributed by atoms with E-state index in [-0.39, 0.29) is 22.7 Å². The number of carbonyl (C=O) groups excluding carboxylic acids is 1. The molecule has 0 saturated heterocycles. The Kier molecular flexibility index (Phi) is 7.04. The second-order valence-electron chi connectivity index (χ2n) is 6.64. The fourth-order valence-electron chi connectivity index (χ4n) is 2.78. The molecular weight excluding hydrogens is 441 g/mol. The van der Waals surface area contributed by atoms with Crippen molar-refractivity contribution in [3.05, 3.63) is 100 Å². The lowest BCUT2D eigenvalue weighted by molar-refractivity contribution is 0.0955. The van der Waals surface area contributed by atoms with E-state index in [0.717, 1.165) is 18.0 Å². The second kappa shape index (κ2) is 9.72. The highest BCUT2D eigenvalue weighted by atomic mass is 35.5. The van der Waals surface area contributed by atoms with E-state index in [1.807, 2.05) is 30.3 Å². The molecule has 1 amide bonds. The third-order valence-corrected chi connectivity index (χ3v) is 5.82. The summed E-state index contributed by atoms with van der Waals surface area (Å²) in [4.78, 5) is 12.3. The van der Waals surface area contributed by atoms with Crippen LogP contribution in [-0.4, -0.2) is 26.8 Å². The standard InChI is InChI=1S/C22H19ClFN3O3S/c1-31(29,30)27(15-16-6-3-2-4-7-16)18-12-10-17(11-13-18)22(28)26-25-14-19-20(23)8-5-9-21(19)24/h2-14H,15H2,1H3,(H,26,28)/b25-14+. The number of hydrazone groups is 1. The van der Waals surface area contributed by atoms with Gasteiger partial charge in [0, 0.05) is 11.1 Å². The molecule has 1 N–H and O–H groups in total. The van der Waals surface area contributed by atoms with Gasteiger partial charge < -0.3 is 0 Å². The lowest BCUT2D eigenvalue weighted by Gasteiger charge is -2.22. The van der Waals surface area contributed by atoms with Crippen LogP contribution in [-0.2, 0) is 16.6 Å². The predicted molar refractivity (Wildman–Crippen MR) is 120 cm³/mol. The largest absolute Gasteiger partial charge is 0.271 e. The van der Waals surface area contributed by atoms with Gasteiger partial charge in [-0.3, -0.25) is 9.10 Å². The molecule has 3 aromatic rings. The first-order valence-corrected chi connectivity index (χ1v) is 11.4. The molecule has 0 spiro atoms. The maximum absolute atomic E-state index is 13.7. The molecule has 0 aliphatic heterocycles. The Labute approximate surface area is 185 Å². The Morgan fingerprint density at radius 3 is 2.35 bits per heavy atom. The van der Waals surface area contributed by atoms with Crippen molar-refractivity contribution in [3.8, 4) is 0 Å². The van der Waals surface area contributed by atoms with Gasteiger partial charge in [0.15, 0.2) is 0 Å². The summed E-state index contributed by atoms with van der Waals surface area (Å²) in [6.45, 7) is 0.166. The van der Waals surface area contributed by atoms with Crippen LogP contribution in [0.25, 0.3) is 0 Å². The van der Waals surface area contributed by atoms with Gasteiger partial charge in [-0.15, -0.1) is 0 Å². The van der Waals surface area contributed by atoms with Gasteiger partial charge >= 0.3 is 0 Å². The molecule has 0 heterocycles. The van der Waals surface area contributed by atoms with Crippen LogP contribution in [0.4, 0.5) is 10.1 Å². The Morgan fingerprint density at radius 1 is 1.06 bits per heavy atom. The SMILES string of the molecule is CS(=O)(=O)N(Cc1ccccc1)c1ccc(C(=O)N/N=C/c2c(F)cccc2Cl)cc1. The summed E-state index contributed by atoms with van der Waals surface area (Å²) in [5, 5.41) is 3.91. The summed E-state index contributed by atoms with van der Waals surface area (Å²) in [5.74, 6) is -1.10. The zero-order valence-corrected chi connectivity index (χ0v) is 18.1. The summed E-state index contributed by atoms with van der Waals surface area (Å²) in [7, 11) is -3.54. The monoisotopic (exact) mass is 459 g/mol. The molecule has 0 aliphatic carbocycles. The van der Waals surface area contributed by atoms with Crippen LogP contribution in [0.2, 0.25) is 5.02 Å². The fraction of sp³-hybridized carbons (Fsp3) is 0.0909. The van der Waals surface area contributed by atoms with Crippen LogP contribution in [0, 0.1) is 5.82 Å². The van der Waals surface area contributed by atoms with E-state index in [2.05, 4.69) is 10.5 Å². The van der Waals surface area contributed by atoms with E-state index >= 15 is 0 Å². The molecule has 9 heteroatoms. The van der Waals surface area contributed by atoms with Gasteiger partial charge in [0.2, 0.25) is 10.0 Å². The maximum atomic E-state index is 13.7. The quantitative estimate of drug-likeness (QED) is 0.424. The zero-order valence-electron chi connectivity index (χ0n) is 16.5. The summed E-state index contributed by atoms with van der Waals surface area (Å²) >= 11 is 5.91. The molecule has 0 aromatic heterocycles. The van der Waals surface area contributed by atoms with Crippen molar-refractivity contribution in [2.24, 2.45) is 5.10 Å². The van der Waals surface area contributed by atoms with E-state index < -0.39 is 21.7 Å². The molecule has 3 rings (SSSR count). The van der Waals surface area contributed by atoms with Crippen molar-refractivity contribution in [1.82, 2.24) is 5.43 Å². The molecule has 0 fully saturated rings. The number of hydrogen-bond donors (Lipinski definition) is 1. The van der Waals surface area contributed by atoms with Gasteiger partial charge in [-0.1, -0.05) is 48.0 Å². The molecule has 0 aliphatic rings. The molecule has 0 radical (unpaired) electrons. The topological polar surface area (TPSA) is 78.8 Å². The van der Waals surface area contributed by atoms with E-state index in [4.69, 9.17) is 11.6 Å². The minimum absolute atomic E-state index is 0.0597. The third-order valence-electron chi connectivity index (χ3n) is 4.35. The third kappa shape index (κ3) is 5.90. The smallest absolute Gasteiger partial charge is 0.267 e. The molecule has 0 unspecified atom stereocenters. The molecule has 31 heavy (non-hydrogen) atoms. The number of nitrogens with zero attached hydrogens (tertiary/aromatic N) is 2. The number of halogens is 2. The number of carbonyl (C=O) groups is 1. The Morgan fingerprint density at radius 2 is 1.74 bits per heavy atom. The van der Waals surface area contributed by atoms with Gasteiger partial charge in [-0.05, 0) is 42.0 Å². The van der Waals surface area contributed by atoms with Gasteiger partial charge in [0.1, 0.15) is 5.82 Å². The highest BCUT2D eigenvalue weighted by Crippen LogP contribution is 2.21. The Bertz CT molecular complexity index is 1180. The van der Waals surface area contributed by atoms with Crippen molar-refractivity contribution in [2.75, 3.05) is 10.6 Å². The minimum Gasteiger partial charge on any atom is -0.267 e. The average Bonchev–Trinajstić information content (AvgIpc) is 2.74. The number of anilines is 1. The van der Waals surface area contributed by atoms with E-state index in [1.165, 1.54) is 46.8 Å². The Hall–Kier alpha value is -3.23. The fourth-order valence-corrected chi connectivity index (χ4v) is 3.88. The van der Waals surface area contributed by atoms with Gasteiger partial charge in [0.05, 0.1) is 29.7 Å². The number of benzene rings is 3. The van der Waals surface area contributed by atoms with Crippen LogP contribution in [0.1, 0.15) is 21.5 Å². The number of amides is 1. The number of nitrogens with one attached hydrogen (secondary N) is 1. The molecule has 160 valence electrons. The van der Waals surface area contributed by atoms with Crippen molar-refractivity contribution in [2.45, 2.75) is 6.54 Å². The first kappa shape index (κ1) is 22.5. The molecule has 0 bridgehead atoms. The lowest BCUT2D eigenvalue weighted by atomic mass is 10.2. The average molecular weight is 460 g/mol. The van der Waals surface area contributed by atoms with Crippen LogP contribution in [0.15, 0.2) is 77.9 Å². The van der Waals surface area contributed by atoms with Crippen molar-refractivity contribution in [3.63, 3.8) is 0 Å². The summed E-state index contributed by atoms with van der Waals surface area (Å²) < 4.78 is 39.5. The van der Waals surface area contributed by atoms with E-state index in [1.54, 1.807) is 0 Å². The van der Waals surface area contributed by atoms with Crippen molar-refractivity contribution < 1.29 is 17.6 Å². The predicted octanol–water partition coefficient (Wildman–Crippen LogP) is 4.21. The highest BCUT2D eigenvalue weighted by Gasteiger charge is 2.18. The Balaban J connectivity index is 1.73. The highest BCUT2D eigenvalue weighted by molar-refractivity contribution is 7.92. The molecule has 6 nitrogen and oxygen atoms in total. The van der Waals surface area contributed by atoms with Crippen molar-refractivity contribution in [1.29, 1.82) is 0 Å². The summed E-state index contributed by atoms with van der Waals surface area (Å²) in [6, 6.07) is 19.4. The zero-order chi connectivity index (χ0) is 22.4. The number of sulfonamides is 1. The van der Waals surface area contributed by atoms with Crippen molar-refractivity contribution >= 4 is 39.4 Å². The second-order valence-corrected chi connectivity index (χ2v) is 8.95. The van der Waals surface area contributed by atoms with E-state index in [9.17, 15) is 17.6 Å². The van der Waals surface area contributed by atoms with Crippen LogP contribution >= 0.6 is 11.6 Å². The normalized spacial score (nSPS) is 11.5. The summed E-state index contributed by atoms with van der Waals surface area (Å²) in [5.41, 5.74) is 3.86. The molecular formula is C22H19ClFN3O3S. The van der Waals surface area contributed by atoms with Crippen LogP contribution < -0.4 is 9.73 Å². The van der Waals surface area contributed by atoms with Crippen LogP contribution in [0.5, 0.6) is 0 Å². The van der Waals surface area contributed by atoms with E-state index in [0.29, 0.717) is 5.69 Å². The molecule has 3 aromatic carbocycles.